The van der Waals surface area contributed by atoms with Gasteiger partial charge in [-0.15, -0.1) is 11.6 Å². The van der Waals surface area contributed by atoms with Crippen molar-refractivity contribution in [1.29, 1.82) is 0 Å². The highest BCUT2D eigenvalue weighted by Gasteiger charge is 2.21. The highest BCUT2D eigenvalue weighted by atomic mass is 35.5. The molecule has 0 aliphatic rings. The van der Waals surface area contributed by atoms with Gasteiger partial charge in [0.1, 0.15) is 0 Å². The molecule has 0 radical (unpaired) electrons. The molecule has 0 bridgehead atoms. The van der Waals surface area contributed by atoms with Crippen LogP contribution in [0.1, 0.15) is 15.9 Å². The molecule has 0 N–H and O–H groups in total. The molecule has 0 saturated heterocycles. The molecule has 0 saturated carbocycles. The second-order valence-electron chi connectivity index (χ2n) is 4.15. The third-order valence-corrected chi connectivity index (χ3v) is 2.69. The number of nitro groups is 1. The maximum absolute atomic E-state index is 12.4. The number of carbonyl (C=O) groups is 1. The van der Waals surface area contributed by atoms with Crippen molar-refractivity contribution in [2.45, 2.75) is 13.3 Å². The van der Waals surface area contributed by atoms with Gasteiger partial charge < -0.3 is 4.90 Å². The van der Waals surface area contributed by atoms with Crippen molar-refractivity contribution in [2.75, 3.05) is 19.0 Å². The quantitative estimate of drug-likeness (QED) is 0.461. The third-order valence-electron chi connectivity index (χ3n) is 2.52. The molecule has 0 atom stereocenters. The zero-order valence-electron chi connectivity index (χ0n) is 10.7. The number of rotatable bonds is 6. The van der Waals surface area contributed by atoms with Crippen LogP contribution in [0.15, 0.2) is 18.2 Å². The topological polar surface area (TPSA) is 63.5 Å². The summed E-state index contributed by atoms with van der Waals surface area (Å²) in [5.41, 5.74) is 0.254. The molecule has 110 valence electrons. The molecule has 0 aliphatic carbocycles. The smallest absolute Gasteiger partial charge is 0.270 e. The lowest BCUT2D eigenvalue weighted by molar-refractivity contribution is -0.384. The lowest BCUT2D eigenvalue weighted by atomic mass is 10.1. The average molecular weight is 307 g/mol. The van der Waals surface area contributed by atoms with Crippen molar-refractivity contribution in [2.24, 2.45) is 0 Å². The van der Waals surface area contributed by atoms with Gasteiger partial charge >= 0.3 is 0 Å². The van der Waals surface area contributed by atoms with Crippen LogP contribution in [-0.2, 0) is 0 Å². The van der Waals surface area contributed by atoms with Crippen LogP contribution in [0.3, 0.4) is 0 Å². The normalized spacial score (nSPS) is 10.7. The van der Waals surface area contributed by atoms with Crippen LogP contribution >= 0.6 is 11.6 Å². The molecule has 0 aliphatic heterocycles. The van der Waals surface area contributed by atoms with E-state index in [1.807, 2.05) is 0 Å². The number of amides is 1. The first-order valence-corrected chi connectivity index (χ1v) is 6.28. The summed E-state index contributed by atoms with van der Waals surface area (Å²) in [6, 6.07) is 3.79. The fourth-order valence-electron chi connectivity index (χ4n) is 1.72. The standard InChI is InChI=1S/C12H13ClF2N2O3/c1-8-4-9(6-10(5-8)17(19)20)12(18)16(3-2-13)7-11(14)15/h4-6,11H,2-3,7H2,1H3. The van der Waals surface area contributed by atoms with Crippen molar-refractivity contribution in [3.63, 3.8) is 0 Å². The second kappa shape index (κ2) is 7.14. The van der Waals surface area contributed by atoms with Gasteiger partial charge in [0.05, 0.1) is 11.5 Å². The Balaban J connectivity index is 3.07. The Hall–Kier alpha value is -1.76. The van der Waals surface area contributed by atoms with Crippen LogP contribution in [-0.4, -0.2) is 41.1 Å². The SMILES string of the molecule is Cc1cc(C(=O)N(CCCl)CC(F)F)cc([N+](=O)[O-])c1. The van der Waals surface area contributed by atoms with Gasteiger partial charge in [0, 0.05) is 30.1 Å². The van der Waals surface area contributed by atoms with Crippen molar-refractivity contribution in [3.8, 4) is 0 Å². The van der Waals surface area contributed by atoms with E-state index in [1.54, 1.807) is 6.92 Å². The van der Waals surface area contributed by atoms with Gasteiger partial charge in [-0.2, -0.15) is 0 Å². The molecular formula is C12H13ClF2N2O3. The first-order chi connectivity index (χ1) is 9.35. The summed E-state index contributed by atoms with van der Waals surface area (Å²) >= 11 is 5.48. The number of hydrogen-bond acceptors (Lipinski definition) is 3. The molecule has 1 aromatic rings. The number of nitro benzene ring substituents is 1. The molecule has 1 rings (SSSR count). The maximum Gasteiger partial charge on any atom is 0.270 e. The molecule has 0 heterocycles. The number of hydrogen-bond donors (Lipinski definition) is 0. The summed E-state index contributed by atoms with van der Waals surface area (Å²) in [5.74, 6) is -0.690. The Morgan fingerprint density at radius 2 is 2.10 bits per heavy atom. The Morgan fingerprint density at radius 1 is 1.45 bits per heavy atom. The minimum Gasteiger partial charge on any atom is -0.332 e. The van der Waals surface area contributed by atoms with Gasteiger partial charge in [-0.3, -0.25) is 14.9 Å². The van der Waals surface area contributed by atoms with E-state index in [0.717, 1.165) is 11.0 Å². The number of benzene rings is 1. The number of carbonyl (C=O) groups excluding carboxylic acids is 1. The minimum absolute atomic E-state index is 0.00228. The molecule has 8 heteroatoms. The van der Waals surface area contributed by atoms with Gasteiger partial charge in [-0.1, -0.05) is 0 Å². The molecule has 0 unspecified atom stereocenters. The monoisotopic (exact) mass is 306 g/mol. The van der Waals surface area contributed by atoms with Gasteiger partial charge in [-0.05, 0) is 18.6 Å². The first-order valence-electron chi connectivity index (χ1n) is 5.74. The molecule has 1 amide bonds. The lowest BCUT2D eigenvalue weighted by Gasteiger charge is -2.21. The zero-order chi connectivity index (χ0) is 15.3. The van der Waals surface area contributed by atoms with E-state index in [9.17, 15) is 23.7 Å². The van der Waals surface area contributed by atoms with Gasteiger partial charge in [0.2, 0.25) is 0 Å². The first kappa shape index (κ1) is 16.3. The summed E-state index contributed by atoms with van der Waals surface area (Å²) in [6.45, 7) is 0.780. The summed E-state index contributed by atoms with van der Waals surface area (Å²) in [4.78, 5) is 23.1. The number of halogens is 3. The van der Waals surface area contributed by atoms with E-state index in [1.165, 1.54) is 12.1 Å². The van der Waals surface area contributed by atoms with Crippen LogP contribution in [0.5, 0.6) is 0 Å². The molecule has 1 aromatic carbocycles. The van der Waals surface area contributed by atoms with E-state index >= 15 is 0 Å². The van der Waals surface area contributed by atoms with Crippen molar-refractivity contribution in [1.82, 2.24) is 4.90 Å². The van der Waals surface area contributed by atoms with E-state index in [4.69, 9.17) is 11.6 Å². The minimum atomic E-state index is -2.69. The second-order valence-corrected chi connectivity index (χ2v) is 4.52. The lowest BCUT2D eigenvalue weighted by Crippen LogP contribution is -2.36. The molecule has 0 fully saturated rings. The van der Waals surface area contributed by atoms with Gasteiger partial charge in [0.25, 0.3) is 18.0 Å². The number of alkyl halides is 3. The van der Waals surface area contributed by atoms with E-state index in [-0.39, 0.29) is 23.7 Å². The van der Waals surface area contributed by atoms with Crippen molar-refractivity contribution in [3.05, 3.63) is 39.4 Å². The molecule has 20 heavy (non-hydrogen) atoms. The summed E-state index contributed by atoms with van der Waals surface area (Å²) < 4.78 is 24.9. The predicted molar refractivity (Wildman–Crippen MR) is 70.5 cm³/mol. The Bertz CT molecular complexity index is 511. The Morgan fingerprint density at radius 3 is 2.60 bits per heavy atom. The number of aryl methyl sites for hydroxylation is 1. The number of non-ortho nitro benzene ring substituents is 1. The van der Waals surface area contributed by atoms with E-state index in [2.05, 4.69) is 0 Å². The Kier molecular flexibility index (Phi) is 5.82. The largest absolute Gasteiger partial charge is 0.332 e. The van der Waals surface area contributed by atoms with Crippen LogP contribution < -0.4 is 0 Å². The molecule has 5 nitrogen and oxygen atoms in total. The molecular weight excluding hydrogens is 294 g/mol. The third kappa shape index (κ3) is 4.41. The van der Waals surface area contributed by atoms with Crippen molar-refractivity contribution < 1.29 is 18.5 Å². The predicted octanol–water partition coefficient (Wildman–Crippen LogP) is 2.85. The van der Waals surface area contributed by atoms with Crippen LogP contribution in [0, 0.1) is 17.0 Å². The maximum atomic E-state index is 12.4. The molecule has 0 aromatic heterocycles. The fourth-order valence-corrected chi connectivity index (χ4v) is 1.92. The van der Waals surface area contributed by atoms with Gasteiger partial charge in [-0.25, -0.2) is 8.78 Å². The fraction of sp³-hybridized carbons (Fsp3) is 0.417. The summed E-state index contributed by atoms with van der Waals surface area (Å²) in [7, 11) is 0. The van der Waals surface area contributed by atoms with Crippen LogP contribution in [0.2, 0.25) is 0 Å². The summed E-state index contributed by atoms with van der Waals surface area (Å²) in [5, 5.41) is 10.7. The zero-order valence-corrected chi connectivity index (χ0v) is 11.4. The highest BCUT2D eigenvalue weighted by Crippen LogP contribution is 2.18. The van der Waals surface area contributed by atoms with Crippen molar-refractivity contribution >= 4 is 23.2 Å². The Labute approximate surface area is 119 Å². The van der Waals surface area contributed by atoms with E-state index < -0.39 is 23.8 Å². The number of nitrogens with zero attached hydrogens (tertiary/aromatic N) is 2. The van der Waals surface area contributed by atoms with Crippen LogP contribution in [0.4, 0.5) is 14.5 Å². The average Bonchev–Trinajstić information content (AvgIpc) is 2.36. The van der Waals surface area contributed by atoms with E-state index in [0.29, 0.717) is 5.56 Å². The summed E-state index contributed by atoms with van der Waals surface area (Å²) in [6.07, 6.45) is -2.69. The van der Waals surface area contributed by atoms with Gasteiger partial charge in [0.15, 0.2) is 0 Å². The molecule has 0 spiro atoms. The highest BCUT2D eigenvalue weighted by molar-refractivity contribution is 6.18. The van der Waals surface area contributed by atoms with Crippen LogP contribution in [0.25, 0.3) is 0 Å².